The van der Waals surface area contributed by atoms with Gasteiger partial charge in [0.1, 0.15) is 0 Å². The van der Waals surface area contributed by atoms with Crippen molar-refractivity contribution in [3.63, 3.8) is 0 Å². The van der Waals surface area contributed by atoms with Crippen LogP contribution in [0.3, 0.4) is 0 Å². The minimum atomic E-state index is -0.302. The lowest BCUT2D eigenvalue weighted by Gasteiger charge is -2.38. The van der Waals surface area contributed by atoms with Crippen molar-refractivity contribution in [1.82, 2.24) is 0 Å². The predicted molar refractivity (Wildman–Crippen MR) is 77.4 cm³/mol. The molecule has 1 aromatic carbocycles. The molecule has 110 valence electrons. The fraction of sp³-hybridized carbons (Fsp3) is 0.647. The van der Waals surface area contributed by atoms with Gasteiger partial charge in [-0.3, -0.25) is 0 Å². The number of benzene rings is 1. The van der Waals surface area contributed by atoms with E-state index >= 15 is 0 Å². The largest absolute Gasteiger partial charge is 0.374 e. The van der Waals surface area contributed by atoms with Gasteiger partial charge in [0.05, 0.1) is 25.9 Å². The summed E-state index contributed by atoms with van der Waals surface area (Å²) in [7, 11) is 0. The molecule has 1 heterocycles. The second-order valence-electron chi connectivity index (χ2n) is 5.81. The summed E-state index contributed by atoms with van der Waals surface area (Å²) in [6.07, 6.45) is 6.58. The van der Waals surface area contributed by atoms with Gasteiger partial charge in [-0.05, 0) is 31.2 Å². The van der Waals surface area contributed by atoms with Crippen molar-refractivity contribution < 1.29 is 14.2 Å². The van der Waals surface area contributed by atoms with Gasteiger partial charge in [-0.25, -0.2) is 0 Å². The Kier molecular flexibility index (Phi) is 4.71. The first-order chi connectivity index (χ1) is 9.86. The number of rotatable bonds is 3. The van der Waals surface area contributed by atoms with E-state index in [0.29, 0.717) is 12.7 Å². The van der Waals surface area contributed by atoms with E-state index in [9.17, 15) is 0 Å². The quantitative estimate of drug-likeness (QED) is 0.843. The lowest BCUT2D eigenvalue weighted by Crippen LogP contribution is -2.41. The van der Waals surface area contributed by atoms with Gasteiger partial charge >= 0.3 is 0 Å². The maximum atomic E-state index is 6.02. The Balaban J connectivity index is 1.46. The van der Waals surface area contributed by atoms with Gasteiger partial charge in [0.25, 0.3) is 0 Å². The second kappa shape index (κ2) is 6.70. The minimum Gasteiger partial charge on any atom is -0.374 e. The Labute approximate surface area is 121 Å². The number of hydrogen-bond acceptors (Lipinski definition) is 3. The smallest absolute Gasteiger partial charge is 0.168 e. The summed E-state index contributed by atoms with van der Waals surface area (Å²) in [6.45, 7) is 2.39. The van der Waals surface area contributed by atoms with Crippen LogP contribution in [-0.2, 0) is 20.8 Å². The average Bonchev–Trinajstić information content (AvgIpc) is 2.74. The molecule has 3 heteroatoms. The molecule has 1 saturated carbocycles. The summed E-state index contributed by atoms with van der Waals surface area (Å²) in [5, 5.41) is 0. The second-order valence-corrected chi connectivity index (χ2v) is 5.81. The van der Waals surface area contributed by atoms with E-state index in [1.807, 2.05) is 6.07 Å². The summed E-state index contributed by atoms with van der Waals surface area (Å²) >= 11 is 0. The van der Waals surface area contributed by atoms with E-state index in [4.69, 9.17) is 14.2 Å². The van der Waals surface area contributed by atoms with Gasteiger partial charge in [-0.1, -0.05) is 30.3 Å². The maximum absolute atomic E-state index is 6.02. The Bertz CT molecular complexity index is 386. The van der Waals surface area contributed by atoms with Crippen LogP contribution in [0.4, 0.5) is 0 Å². The highest BCUT2D eigenvalue weighted by Gasteiger charge is 2.38. The molecular formula is C17H24O3. The third-order valence-electron chi connectivity index (χ3n) is 4.29. The molecule has 0 N–H and O–H groups in total. The molecule has 1 saturated heterocycles. The highest BCUT2D eigenvalue weighted by Crippen LogP contribution is 2.36. The summed E-state index contributed by atoms with van der Waals surface area (Å²) in [4.78, 5) is 0. The summed E-state index contributed by atoms with van der Waals surface area (Å²) in [5.41, 5.74) is 1.25. The molecule has 0 amide bonds. The number of ether oxygens (including phenoxy) is 3. The molecule has 0 aromatic heterocycles. The zero-order valence-corrected chi connectivity index (χ0v) is 12.1. The fourth-order valence-corrected chi connectivity index (χ4v) is 3.04. The van der Waals surface area contributed by atoms with Crippen molar-refractivity contribution in [1.29, 1.82) is 0 Å². The molecule has 1 spiro atoms. The Morgan fingerprint density at radius 3 is 2.30 bits per heavy atom. The molecule has 0 unspecified atom stereocenters. The summed E-state index contributed by atoms with van der Waals surface area (Å²) < 4.78 is 18.0. The molecule has 1 aliphatic carbocycles. The van der Waals surface area contributed by atoms with Crippen LogP contribution in [0.25, 0.3) is 0 Å². The first-order valence-electron chi connectivity index (χ1n) is 7.80. The molecule has 20 heavy (non-hydrogen) atoms. The predicted octanol–water partition coefficient (Wildman–Crippen LogP) is 3.67. The molecule has 1 aromatic rings. The lowest BCUT2D eigenvalue weighted by atomic mass is 9.91. The molecular weight excluding hydrogens is 252 g/mol. The normalized spacial score (nSPS) is 23.6. The first-order valence-corrected chi connectivity index (χ1v) is 7.80. The summed E-state index contributed by atoms with van der Waals surface area (Å²) in [5.74, 6) is -0.302. The molecule has 1 aliphatic heterocycles. The van der Waals surface area contributed by atoms with Crippen LogP contribution in [0.2, 0.25) is 0 Å². The van der Waals surface area contributed by atoms with Gasteiger partial charge in [-0.15, -0.1) is 0 Å². The Hall–Kier alpha value is -0.900. The van der Waals surface area contributed by atoms with E-state index in [0.717, 1.165) is 51.7 Å². The van der Waals surface area contributed by atoms with Gasteiger partial charge < -0.3 is 14.2 Å². The number of hydrogen-bond donors (Lipinski definition) is 0. The van der Waals surface area contributed by atoms with Crippen molar-refractivity contribution in [3.05, 3.63) is 35.9 Å². The summed E-state index contributed by atoms with van der Waals surface area (Å²) in [6, 6.07) is 10.4. The van der Waals surface area contributed by atoms with Crippen molar-refractivity contribution in [2.75, 3.05) is 13.2 Å². The lowest BCUT2D eigenvalue weighted by molar-refractivity contribution is -0.250. The van der Waals surface area contributed by atoms with Crippen molar-refractivity contribution in [2.45, 2.75) is 57.0 Å². The van der Waals surface area contributed by atoms with Crippen LogP contribution in [-0.4, -0.2) is 25.1 Å². The Morgan fingerprint density at radius 2 is 1.65 bits per heavy atom. The van der Waals surface area contributed by atoms with Gasteiger partial charge in [-0.2, -0.15) is 0 Å². The van der Waals surface area contributed by atoms with Crippen molar-refractivity contribution in [3.8, 4) is 0 Å². The van der Waals surface area contributed by atoms with E-state index in [-0.39, 0.29) is 5.79 Å². The van der Waals surface area contributed by atoms with E-state index in [1.165, 1.54) is 5.56 Å². The van der Waals surface area contributed by atoms with Gasteiger partial charge in [0.15, 0.2) is 5.79 Å². The molecule has 0 atom stereocenters. The van der Waals surface area contributed by atoms with E-state index in [1.54, 1.807) is 0 Å². The highest BCUT2D eigenvalue weighted by molar-refractivity contribution is 5.13. The van der Waals surface area contributed by atoms with Crippen LogP contribution in [0.15, 0.2) is 30.3 Å². The standard InChI is InChI=1S/C17H24O3/c1-2-6-15(7-3-1)14-18-16-8-10-17(11-9-16)19-12-4-5-13-20-17/h1-3,6-7,16H,4-5,8-14H2. The highest BCUT2D eigenvalue weighted by atomic mass is 16.7. The minimum absolute atomic E-state index is 0.302. The van der Waals surface area contributed by atoms with Crippen LogP contribution in [0.5, 0.6) is 0 Å². The molecule has 0 bridgehead atoms. The molecule has 2 fully saturated rings. The molecule has 3 rings (SSSR count). The van der Waals surface area contributed by atoms with Crippen LogP contribution in [0.1, 0.15) is 44.1 Å². The monoisotopic (exact) mass is 276 g/mol. The first kappa shape index (κ1) is 14.1. The van der Waals surface area contributed by atoms with Crippen molar-refractivity contribution >= 4 is 0 Å². The van der Waals surface area contributed by atoms with Gasteiger partial charge in [0, 0.05) is 12.8 Å². The Morgan fingerprint density at radius 1 is 1.00 bits per heavy atom. The molecule has 0 radical (unpaired) electrons. The SMILES string of the molecule is c1ccc(COC2CCC3(CC2)OCCCCO3)cc1. The van der Waals surface area contributed by atoms with E-state index < -0.39 is 0 Å². The van der Waals surface area contributed by atoms with Crippen LogP contribution < -0.4 is 0 Å². The molecule has 3 nitrogen and oxygen atoms in total. The van der Waals surface area contributed by atoms with E-state index in [2.05, 4.69) is 24.3 Å². The zero-order valence-electron chi connectivity index (χ0n) is 12.1. The zero-order chi connectivity index (χ0) is 13.7. The van der Waals surface area contributed by atoms with Crippen molar-refractivity contribution in [2.24, 2.45) is 0 Å². The van der Waals surface area contributed by atoms with Gasteiger partial charge in [0.2, 0.25) is 0 Å². The topological polar surface area (TPSA) is 27.7 Å². The third-order valence-corrected chi connectivity index (χ3v) is 4.29. The average molecular weight is 276 g/mol. The maximum Gasteiger partial charge on any atom is 0.168 e. The van der Waals surface area contributed by atoms with Crippen LogP contribution in [0, 0.1) is 0 Å². The third kappa shape index (κ3) is 3.60. The van der Waals surface area contributed by atoms with Crippen LogP contribution >= 0.6 is 0 Å². The molecule has 2 aliphatic rings. The fourth-order valence-electron chi connectivity index (χ4n) is 3.04.